The number of hydrogen-bond donors (Lipinski definition) is 2. The molecule has 1 aromatic heterocycles. The predicted molar refractivity (Wildman–Crippen MR) is 91.6 cm³/mol. The van der Waals surface area contributed by atoms with E-state index in [0.29, 0.717) is 36.1 Å². The minimum atomic E-state index is -0.319. The molecular formula is C17H15N5O3. The zero-order chi connectivity index (χ0) is 17.4. The highest BCUT2D eigenvalue weighted by Gasteiger charge is 2.33. The summed E-state index contributed by atoms with van der Waals surface area (Å²) in [6.07, 6.45) is 3.09. The first-order valence-electron chi connectivity index (χ1n) is 7.71. The SMILES string of the molecule is COc1c(O)ccc2c1N=C(NC(=O)c1cccnc1)N1CCN=C21. The Bertz CT molecular complexity index is 908. The van der Waals surface area contributed by atoms with Gasteiger partial charge in [-0.1, -0.05) is 0 Å². The van der Waals surface area contributed by atoms with Gasteiger partial charge in [-0.3, -0.25) is 25.0 Å². The number of pyridine rings is 1. The van der Waals surface area contributed by atoms with Crippen LogP contribution in [-0.2, 0) is 0 Å². The van der Waals surface area contributed by atoms with Gasteiger partial charge in [0.1, 0.15) is 11.5 Å². The topological polar surface area (TPSA) is 99.4 Å². The second-order valence-corrected chi connectivity index (χ2v) is 5.50. The smallest absolute Gasteiger partial charge is 0.259 e. The number of nitrogens with zero attached hydrogens (tertiary/aromatic N) is 4. The Hall–Kier alpha value is -3.42. The summed E-state index contributed by atoms with van der Waals surface area (Å²) >= 11 is 0. The monoisotopic (exact) mass is 337 g/mol. The van der Waals surface area contributed by atoms with E-state index in [1.165, 1.54) is 13.3 Å². The van der Waals surface area contributed by atoms with E-state index in [1.54, 1.807) is 30.5 Å². The fourth-order valence-corrected chi connectivity index (χ4v) is 2.87. The number of carbonyl (C=O) groups excluding carboxylic acids is 1. The van der Waals surface area contributed by atoms with E-state index in [4.69, 9.17) is 4.74 Å². The van der Waals surface area contributed by atoms with Gasteiger partial charge in [-0.2, -0.15) is 0 Å². The summed E-state index contributed by atoms with van der Waals surface area (Å²) in [5, 5.41) is 12.8. The minimum absolute atomic E-state index is 0.0185. The maximum atomic E-state index is 12.5. The van der Waals surface area contributed by atoms with Crippen molar-refractivity contribution >= 4 is 23.4 Å². The molecule has 8 nitrogen and oxygen atoms in total. The highest BCUT2D eigenvalue weighted by atomic mass is 16.5. The van der Waals surface area contributed by atoms with Crippen molar-refractivity contribution in [3.05, 3.63) is 47.8 Å². The van der Waals surface area contributed by atoms with Gasteiger partial charge in [0.2, 0.25) is 5.96 Å². The molecular weight excluding hydrogens is 322 g/mol. The average molecular weight is 337 g/mol. The largest absolute Gasteiger partial charge is 0.504 e. The van der Waals surface area contributed by atoms with Gasteiger partial charge in [0.05, 0.1) is 19.2 Å². The number of amidine groups is 1. The molecule has 2 aliphatic rings. The number of benzene rings is 1. The van der Waals surface area contributed by atoms with Crippen LogP contribution < -0.4 is 10.1 Å². The second-order valence-electron chi connectivity index (χ2n) is 5.50. The number of methoxy groups -OCH3 is 1. The van der Waals surface area contributed by atoms with Gasteiger partial charge in [-0.25, -0.2) is 4.99 Å². The third-order valence-corrected chi connectivity index (χ3v) is 4.02. The van der Waals surface area contributed by atoms with Gasteiger partial charge in [0.25, 0.3) is 5.91 Å². The lowest BCUT2D eigenvalue weighted by molar-refractivity contribution is 0.0973. The van der Waals surface area contributed by atoms with Gasteiger partial charge >= 0.3 is 0 Å². The van der Waals surface area contributed by atoms with E-state index in [9.17, 15) is 9.90 Å². The Morgan fingerprint density at radius 1 is 1.36 bits per heavy atom. The lowest BCUT2D eigenvalue weighted by Crippen LogP contribution is -2.47. The van der Waals surface area contributed by atoms with E-state index in [1.807, 2.05) is 4.90 Å². The zero-order valence-corrected chi connectivity index (χ0v) is 13.4. The zero-order valence-electron chi connectivity index (χ0n) is 13.4. The van der Waals surface area contributed by atoms with Crippen molar-refractivity contribution in [1.82, 2.24) is 15.2 Å². The molecule has 1 aromatic carbocycles. The predicted octanol–water partition coefficient (Wildman–Crippen LogP) is 1.29. The number of aliphatic imine (C=N–C) groups is 2. The normalized spacial score (nSPS) is 15.0. The van der Waals surface area contributed by atoms with E-state index >= 15 is 0 Å². The molecule has 0 bridgehead atoms. The van der Waals surface area contributed by atoms with Crippen LogP contribution >= 0.6 is 0 Å². The first kappa shape index (κ1) is 15.1. The van der Waals surface area contributed by atoms with Gasteiger partial charge in [-0.15, -0.1) is 0 Å². The van der Waals surface area contributed by atoms with Gasteiger partial charge < -0.3 is 9.84 Å². The molecule has 3 heterocycles. The van der Waals surface area contributed by atoms with Gasteiger partial charge in [-0.05, 0) is 24.3 Å². The van der Waals surface area contributed by atoms with Crippen LogP contribution in [0.25, 0.3) is 0 Å². The van der Waals surface area contributed by atoms with Gasteiger partial charge in [0, 0.05) is 24.5 Å². The molecule has 0 radical (unpaired) electrons. The van der Waals surface area contributed by atoms with E-state index in [0.717, 1.165) is 5.56 Å². The number of phenolic OH excluding ortho intramolecular Hbond substituents is 1. The highest BCUT2D eigenvalue weighted by molar-refractivity contribution is 6.20. The molecule has 1 amide bonds. The van der Waals surface area contributed by atoms with Crippen LogP contribution in [0.1, 0.15) is 15.9 Å². The number of guanidine groups is 1. The third-order valence-electron chi connectivity index (χ3n) is 4.02. The number of aromatic hydroxyl groups is 1. The Kier molecular flexibility index (Phi) is 3.57. The van der Waals surface area contributed by atoms with Crippen molar-refractivity contribution in [3.63, 3.8) is 0 Å². The Balaban J connectivity index is 1.77. The molecule has 8 heteroatoms. The number of amides is 1. The maximum Gasteiger partial charge on any atom is 0.259 e. The third kappa shape index (κ3) is 2.47. The average Bonchev–Trinajstić information content (AvgIpc) is 3.12. The summed E-state index contributed by atoms with van der Waals surface area (Å²) in [6, 6.07) is 6.65. The highest BCUT2D eigenvalue weighted by Crippen LogP contribution is 2.42. The summed E-state index contributed by atoms with van der Waals surface area (Å²) < 4.78 is 5.28. The van der Waals surface area contributed by atoms with Crippen LogP contribution in [0.15, 0.2) is 46.6 Å². The van der Waals surface area contributed by atoms with Crippen molar-refractivity contribution in [2.45, 2.75) is 0 Å². The van der Waals surface area contributed by atoms with Crippen LogP contribution in [0, 0.1) is 0 Å². The molecule has 0 saturated heterocycles. The molecule has 2 aromatic rings. The molecule has 0 unspecified atom stereocenters. The van der Waals surface area contributed by atoms with E-state index in [-0.39, 0.29) is 17.4 Å². The van der Waals surface area contributed by atoms with Crippen molar-refractivity contribution < 1.29 is 14.6 Å². The first-order chi connectivity index (χ1) is 12.2. The second kappa shape index (κ2) is 5.90. The summed E-state index contributed by atoms with van der Waals surface area (Å²) in [6.45, 7) is 1.21. The molecule has 0 aliphatic carbocycles. The number of carbonyl (C=O) groups is 1. The van der Waals surface area contributed by atoms with E-state index in [2.05, 4.69) is 20.3 Å². The van der Waals surface area contributed by atoms with Crippen LogP contribution in [0.2, 0.25) is 0 Å². The fraction of sp³-hybridized carbons (Fsp3) is 0.176. The molecule has 2 N–H and O–H groups in total. The quantitative estimate of drug-likeness (QED) is 0.860. The number of hydrogen-bond acceptors (Lipinski definition) is 7. The summed E-state index contributed by atoms with van der Waals surface area (Å²) in [7, 11) is 1.46. The molecule has 0 atom stereocenters. The van der Waals surface area contributed by atoms with Crippen molar-refractivity contribution in [2.24, 2.45) is 9.98 Å². The lowest BCUT2D eigenvalue weighted by atomic mass is 10.1. The molecule has 0 fully saturated rings. The number of ether oxygens (including phenoxy) is 1. The van der Waals surface area contributed by atoms with Crippen molar-refractivity contribution in [3.8, 4) is 11.5 Å². The van der Waals surface area contributed by atoms with Crippen molar-refractivity contribution in [2.75, 3.05) is 20.2 Å². The maximum absolute atomic E-state index is 12.5. The van der Waals surface area contributed by atoms with Crippen LogP contribution in [0.5, 0.6) is 11.5 Å². The number of rotatable bonds is 2. The Morgan fingerprint density at radius 3 is 3.00 bits per heavy atom. The fourth-order valence-electron chi connectivity index (χ4n) is 2.87. The molecule has 0 spiro atoms. The standard InChI is InChI=1S/C17H15N5O3/c1-25-14-12(23)5-4-11-13(14)20-17(22-8-7-19-15(11)22)21-16(24)10-3-2-6-18-9-10/h2-6,9,23H,7-8H2,1H3,(H,20,21,24). The van der Waals surface area contributed by atoms with Crippen LogP contribution in [-0.4, -0.2) is 52.9 Å². The molecule has 25 heavy (non-hydrogen) atoms. The molecule has 0 saturated carbocycles. The lowest BCUT2D eigenvalue weighted by Gasteiger charge is -2.28. The van der Waals surface area contributed by atoms with Crippen LogP contribution in [0.3, 0.4) is 0 Å². The first-order valence-corrected chi connectivity index (χ1v) is 7.71. The number of nitrogens with one attached hydrogen (secondary N) is 1. The van der Waals surface area contributed by atoms with Crippen LogP contribution in [0.4, 0.5) is 5.69 Å². The summed E-state index contributed by atoms with van der Waals surface area (Å²) in [5.74, 6) is 0.960. The summed E-state index contributed by atoms with van der Waals surface area (Å²) in [4.78, 5) is 27.3. The Morgan fingerprint density at radius 2 is 2.24 bits per heavy atom. The number of fused-ring (bicyclic) bond motifs is 3. The number of phenols is 1. The molecule has 4 rings (SSSR count). The minimum Gasteiger partial charge on any atom is -0.504 e. The van der Waals surface area contributed by atoms with Crippen molar-refractivity contribution in [1.29, 1.82) is 0 Å². The summed E-state index contributed by atoms with van der Waals surface area (Å²) in [5.41, 5.74) is 1.63. The molecule has 2 aliphatic heterocycles. The van der Waals surface area contributed by atoms with E-state index < -0.39 is 0 Å². The molecule has 126 valence electrons. The van der Waals surface area contributed by atoms with Gasteiger partial charge in [0.15, 0.2) is 11.5 Å². The Labute approximate surface area is 143 Å². The number of aromatic nitrogens is 1.